The van der Waals surface area contributed by atoms with Crippen LogP contribution in [-0.2, 0) is 9.59 Å². The lowest BCUT2D eigenvalue weighted by Gasteiger charge is -2.17. The van der Waals surface area contributed by atoms with E-state index >= 15 is 0 Å². The summed E-state index contributed by atoms with van der Waals surface area (Å²) in [6.07, 6.45) is 1.89. The number of amides is 1. The lowest BCUT2D eigenvalue weighted by atomic mass is 9.92. The summed E-state index contributed by atoms with van der Waals surface area (Å²) in [5.41, 5.74) is 0.780. The summed E-state index contributed by atoms with van der Waals surface area (Å²) < 4.78 is 5.29. The molecule has 0 N–H and O–H groups in total. The van der Waals surface area contributed by atoms with Crippen molar-refractivity contribution in [2.45, 2.75) is 40.0 Å². The van der Waals surface area contributed by atoms with E-state index in [2.05, 4.69) is 0 Å². The first-order valence-electron chi connectivity index (χ1n) is 6.96. The molecular formula is C16H21NO3. The largest absolute Gasteiger partial charge is 0.427 e. The van der Waals surface area contributed by atoms with E-state index in [1.807, 2.05) is 32.9 Å². The Morgan fingerprint density at radius 2 is 1.90 bits per heavy atom. The van der Waals surface area contributed by atoms with Gasteiger partial charge in [-0.25, -0.2) is 0 Å². The predicted molar refractivity (Wildman–Crippen MR) is 77.7 cm³/mol. The quantitative estimate of drug-likeness (QED) is 0.629. The molecule has 1 saturated heterocycles. The van der Waals surface area contributed by atoms with Crippen molar-refractivity contribution in [1.29, 1.82) is 0 Å². The van der Waals surface area contributed by atoms with Gasteiger partial charge in [-0.05, 0) is 36.1 Å². The van der Waals surface area contributed by atoms with E-state index in [-0.39, 0.29) is 17.3 Å². The van der Waals surface area contributed by atoms with Gasteiger partial charge >= 0.3 is 5.97 Å². The van der Waals surface area contributed by atoms with Gasteiger partial charge in [-0.3, -0.25) is 9.59 Å². The first-order valence-corrected chi connectivity index (χ1v) is 6.96. The number of carbonyl (C=O) groups is 2. The molecule has 0 unspecified atom stereocenters. The molecular weight excluding hydrogens is 254 g/mol. The average Bonchev–Trinajstić information content (AvgIpc) is 2.74. The third-order valence-corrected chi connectivity index (χ3v) is 3.13. The van der Waals surface area contributed by atoms with Crippen LogP contribution in [0.3, 0.4) is 0 Å². The van der Waals surface area contributed by atoms with Crippen LogP contribution in [0.1, 0.15) is 40.0 Å². The molecule has 1 aliphatic heterocycles. The van der Waals surface area contributed by atoms with Crippen LogP contribution >= 0.6 is 0 Å². The zero-order valence-electron chi connectivity index (χ0n) is 12.3. The standard InChI is InChI=1S/C16H21NO3/c1-16(2,3)11-15(19)20-13-8-6-12(7-9-13)17-10-4-5-14(17)18/h6-9H,4-5,10-11H2,1-3H3. The Morgan fingerprint density at radius 3 is 2.40 bits per heavy atom. The fraction of sp³-hybridized carbons (Fsp3) is 0.500. The fourth-order valence-corrected chi connectivity index (χ4v) is 2.22. The molecule has 1 aromatic carbocycles. The fourth-order valence-electron chi connectivity index (χ4n) is 2.22. The molecule has 4 nitrogen and oxygen atoms in total. The molecule has 0 radical (unpaired) electrons. The molecule has 1 fully saturated rings. The Labute approximate surface area is 119 Å². The van der Waals surface area contributed by atoms with Crippen LogP contribution in [0.4, 0.5) is 5.69 Å². The molecule has 1 heterocycles. The summed E-state index contributed by atoms with van der Waals surface area (Å²) >= 11 is 0. The lowest BCUT2D eigenvalue weighted by Crippen LogP contribution is -2.23. The zero-order chi connectivity index (χ0) is 14.8. The second-order valence-corrected chi connectivity index (χ2v) is 6.35. The summed E-state index contributed by atoms with van der Waals surface area (Å²) in [5, 5.41) is 0. The predicted octanol–water partition coefficient (Wildman–Crippen LogP) is 3.16. The van der Waals surface area contributed by atoms with Gasteiger partial charge in [-0.1, -0.05) is 20.8 Å². The van der Waals surface area contributed by atoms with Crippen LogP contribution in [0, 0.1) is 5.41 Å². The Hall–Kier alpha value is -1.84. The SMILES string of the molecule is CC(C)(C)CC(=O)Oc1ccc(N2CCCC2=O)cc1. The van der Waals surface area contributed by atoms with E-state index in [0.29, 0.717) is 18.6 Å². The Balaban J connectivity index is 1.98. The highest BCUT2D eigenvalue weighted by Crippen LogP contribution is 2.25. The van der Waals surface area contributed by atoms with Gasteiger partial charge in [0.05, 0.1) is 6.42 Å². The minimum atomic E-state index is -0.234. The van der Waals surface area contributed by atoms with Gasteiger partial charge in [-0.15, -0.1) is 0 Å². The maximum atomic E-state index is 11.7. The Kier molecular flexibility index (Phi) is 4.12. The van der Waals surface area contributed by atoms with E-state index in [0.717, 1.165) is 18.7 Å². The number of anilines is 1. The normalized spacial score (nSPS) is 15.6. The molecule has 0 bridgehead atoms. The first kappa shape index (κ1) is 14.6. The monoisotopic (exact) mass is 275 g/mol. The molecule has 1 amide bonds. The molecule has 0 aliphatic carbocycles. The van der Waals surface area contributed by atoms with E-state index in [1.165, 1.54) is 0 Å². The van der Waals surface area contributed by atoms with E-state index in [9.17, 15) is 9.59 Å². The molecule has 1 aliphatic rings. The summed E-state index contributed by atoms with van der Waals surface area (Å²) in [4.78, 5) is 25.1. The van der Waals surface area contributed by atoms with Gasteiger partial charge in [0.25, 0.3) is 0 Å². The Morgan fingerprint density at radius 1 is 1.25 bits per heavy atom. The number of benzene rings is 1. The topological polar surface area (TPSA) is 46.6 Å². The van der Waals surface area contributed by atoms with Crippen LogP contribution in [0.2, 0.25) is 0 Å². The molecule has 0 saturated carbocycles. The number of hydrogen-bond acceptors (Lipinski definition) is 3. The summed E-state index contributed by atoms with van der Waals surface area (Å²) in [6.45, 7) is 6.75. The second-order valence-electron chi connectivity index (χ2n) is 6.35. The molecule has 108 valence electrons. The molecule has 1 aromatic rings. The van der Waals surface area contributed by atoms with Crippen molar-refractivity contribution in [1.82, 2.24) is 0 Å². The first-order chi connectivity index (χ1) is 9.35. The van der Waals surface area contributed by atoms with Crippen LogP contribution in [-0.4, -0.2) is 18.4 Å². The van der Waals surface area contributed by atoms with Crippen LogP contribution in [0.5, 0.6) is 5.75 Å². The highest BCUT2D eigenvalue weighted by atomic mass is 16.5. The van der Waals surface area contributed by atoms with E-state index in [4.69, 9.17) is 4.74 Å². The maximum Gasteiger partial charge on any atom is 0.311 e. The Bertz CT molecular complexity index is 499. The van der Waals surface area contributed by atoms with Crippen LogP contribution in [0.25, 0.3) is 0 Å². The highest BCUT2D eigenvalue weighted by molar-refractivity contribution is 5.95. The summed E-state index contributed by atoms with van der Waals surface area (Å²) in [5.74, 6) is 0.444. The summed E-state index contributed by atoms with van der Waals surface area (Å²) in [7, 11) is 0. The smallest absolute Gasteiger partial charge is 0.311 e. The number of carbonyl (C=O) groups excluding carboxylic acids is 2. The van der Waals surface area contributed by atoms with Gasteiger partial charge in [0.2, 0.25) is 5.91 Å². The van der Waals surface area contributed by atoms with E-state index in [1.54, 1.807) is 17.0 Å². The molecule has 20 heavy (non-hydrogen) atoms. The number of esters is 1. The van der Waals surface area contributed by atoms with Gasteiger partial charge in [-0.2, -0.15) is 0 Å². The van der Waals surface area contributed by atoms with Crippen molar-refractivity contribution in [3.8, 4) is 5.75 Å². The van der Waals surface area contributed by atoms with Crippen molar-refractivity contribution in [2.75, 3.05) is 11.4 Å². The number of hydrogen-bond donors (Lipinski definition) is 0. The maximum absolute atomic E-state index is 11.7. The third kappa shape index (κ3) is 3.83. The summed E-state index contributed by atoms with van der Waals surface area (Å²) in [6, 6.07) is 7.12. The molecule has 4 heteroatoms. The van der Waals surface area contributed by atoms with Gasteiger partial charge in [0.15, 0.2) is 0 Å². The molecule has 0 atom stereocenters. The third-order valence-electron chi connectivity index (χ3n) is 3.13. The van der Waals surface area contributed by atoms with Crippen molar-refractivity contribution < 1.29 is 14.3 Å². The highest BCUT2D eigenvalue weighted by Gasteiger charge is 2.22. The van der Waals surface area contributed by atoms with Crippen LogP contribution < -0.4 is 9.64 Å². The minimum absolute atomic E-state index is 0.0843. The number of rotatable bonds is 3. The van der Waals surface area contributed by atoms with Crippen molar-refractivity contribution in [3.05, 3.63) is 24.3 Å². The van der Waals surface area contributed by atoms with Gasteiger partial charge in [0, 0.05) is 18.7 Å². The average molecular weight is 275 g/mol. The molecule has 2 rings (SSSR count). The zero-order valence-corrected chi connectivity index (χ0v) is 12.3. The second kappa shape index (κ2) is 5.65. The van der Waals surface area contributed by atoms with E-state index < -0.39 is 0 Å². The van der Waals surface area contributed by atoms with Crippen molar-refractivity contribution in [2.24, 2.45) is 5.41 Å². The molecule has 0 spiro atoms. The lowest BCUT2D eigenvalue weighted by molar-refractivity contribution is -0.136. The molecule has 0 aromatic heterocycles. The van der Waals surface area contributed by atoms with Crippen molar-refractivity contribution in [3.63, 3.8) is 0 Å². The number of nitrogens with zero attached hydrogens (tertiary/aromatic N) is 1. The van der Waals surface area contributed by atoms with Gasteiger partial charge in [0.1, 0.15) is 5.75 Å². The van der Waals surface area contributed by atoms with Crippen molar-refractivity contribution >= 4 is 17.6 Å². The minimum Gasteiger partial charge on any atom is -0.427 e. The van der Waals surface area contributed by atoms with Gasteiger partial charge < -0.3 is 9.64 Å². The number of ether oxygens (including phenoxy) is 1. The van der Waals surface area contributed by atoms with Crippen LogP contribution in [0.15, 0.2) is 24.3 Å².